The number of aliphatic hydroxyl groups excluding tert-OH is 1. The summed E-state index contributed by atoms with van der Waals surface area (Å²) in [5.41, 5.74) is 9.38. The van der Waals surface area contributed by atoms with Gasteiger partial charge in [-0.2, -0.15) is 0 Å². The molecule has 1 atom stereocenters. The van der Waals surface area contributed by atoms with Crippen molar-refractivity contribution in [3.8, 4) is 0 Å². The number of rotatable bonds is 3. The zero-order chi connectivity index (χ0) is 13.1. The third-order valence-corrected chi connectivity index (χ3v) is 3.79. The summed E-state index contributed by atoms with van der Waals surface area (Å²) < 4.78 is 0.998. The maximum Gasteiger partial charge on any atom is 0.0832 e. The molecular formula is C14H15BrN2O. The average Bonchev–Trinajstić information content (AvgIpc) is 2.35. The van der Waals surface area contributed by atoms with Crippen molar-refractivity contribution in [1.82, 2.24) is 4.98 Å². The van der Waals surface area contributed by atoms with Gasteiger partial charge in [0, 0.05) is 29.0 Å². The number of hydrogen-bond donors (Lipinski definition) is 2. The second-order valence-electron chi connectivity index (χ2n) is 4.30. The quantitative estimate of drug-likeness (QED) is 0.916. The number of hydrogen-bond acceptors (Lipinski definition) is 3. The predicted octanol–water partition coefficient (Wildman–Crippen LogP) is 3.01. The van der Waals surface area contributed by atoms with Gasteiger partial charge in [-0.05, 0) is 35.7 Å². The molecule has 4 heteroatoms. The van der Waals surface area contributed by atoms with Crippen LogP contribution in [0.1, 0.15) is 22.8 Å². The lowest BCUT2D eigenvalue weighted by Crippen LogP contribution is -2.05. The Balaban J connectivity index is 2.19. The second kappa shape index (κ2) is 5.50. The topological polar surface area (TPSA) is 59.1 Å². The minimum atomic E-state index is -0.576. The molecule has 2 rings (SSSR count). The first-order valence-corrected chi connectivity index (χ1v) is 6.49. The molecule has 0 fully saturated rings. The van der Waals surface area contributed by atoms with Gasteiger partial charge in [-0.25, -0.2) is 0 Å². The van der Waals surface area contributed by atoms with E-state index in [1.54, 1.807) is 18.5 Å². The Hall–Kier alpha value is -1.39. The molecule has 1 unspecified atom stereocenters. The van der Waals surface area contributed by atoms with E-state index in [1.807, 2.05) is 25.1 Å². The molecular weight excluding hydrogens is 292 g/mol. The minimum Gasteiger partial charge on any atom is -0.398 e. The van der Waals surface area contributed by atoms with Gasteiger partial charge in [0.1, 0.15) is 0 Å². The molecule has 18 heavy (non-hydrogen) atoms. The Bertz CT molecular complexity index is 557. The van der Waals surface area contributed by atoms with Gasteiger partial charge in [0.05, 0.1) is 6.10 Å². The lowest BCUT2D eigenvalue weighted by Gasteiger charge is -2.13. The lowest BCUT2D eigenvalue weighted by molar-refractivity contribution is 0.178. The van der Waals surface area contributed by atoms with Crippen LogP contribution in [0.3, 0.4) is 0 Å². The first-order chi connectivity index (χ1) is 8.58. The Kier molecular flexibility index (Phi) is 3.99. The maximum absolute atomic E-state index is 10.2. The monoisotopic (exact) mass is 306 g/mol. The van der Waals surface area contributed by atoms with E-state index in [2.05, 4.69) is 20.9 Å². The van der Waals surface area contributed by atoms with Crippen LogP contribution in [0, 0.1) is 6.92 Å². The zero-order valence-electron chi connectivity index (χ0n) is 10.1. The fourth-order valence-electron chi connectivity index (χ4n) is 1.75. The molecule has 3 N–H and O–H groups in total. The summed E-state index contributed by atoms with van der Waals surface area (Å²) in [6.45, 7) is 2.01. The van der Waals surface area contributed by atoms with Crippen molar-refractivity contribution in [2.24, 2.45) is 0 Å². The fourth-order valence-corrected chi connectivity index (χ4v) is 2.15. The first kappa shape index (κ1) is 13.1. The summed E-state index contributed by atoms with van der Waals surface area (Å²) in [6, 6.07) is 7.59. The molecule has 0 saturated heterocycles. The molecule has 3 nitrogen and oxygen atoms in total. The number of anilines is 1. The van der Waals surface area contributed by atoms with Gasteiger partial charge in [0.25, 0.3) is 0 Å². The van der Waals surface area contributed by atoms with Crippen molar-refractivity contribution in [3.05, 3.63) is 57.8 Å². The predicted molar refractivity (Wildman–Crippen MR) is 76.2 cm³/mol. The van der Waals surface area contributed by atoms with E-state index in [4.69, 9.17) is 5.73 Å². The Labute approximate surface area is 115 Å². The highest BCUT2D eigenvalue weighted by Crippen LogP contribution is 2.25. The summed E-state index contributed by atoms with van der Waals surface area (Å²) in [5, 5.41) is 10.2. The summed E-state index contributed by atoms with van der Waals surface area (Å²) in [5.74, 6) is 0. The minimum absolute atomic E-state index is 0.467. The number of pyridine rings is 1. The third-order valence-electron chi connectivity index (χ3n) is 2.94. The molecule has 1 heterocycles. The second-order valence-corrected chi connectivity index (χ2v) is 5.16. The van der Waals surface area contributed by atoms with Gasteiger partial charge in [-0.15, -0.1) is 0 Å². The molecule has 94 valence electrons. The van der Waals surface area contributed by atoms with Crippen molar-refractivity contribution in [2.45, 2.75) is 19.4 Å². The molecule has 1 aromatic carbocycles. The summed E-state index contributed by atoms with van der Waals surface area (Å²) in [7, 11) is 0. The van der Waals surface area contributed by atoms with Crippen molar-refractivity contribution in [3.63, 3.8) is 0 Å². The van der Waals surface area contributed by atoms with Crippen molar-refractivity contribution in [2.75, 3.05) is 5.73 Å². The van der Waals surface area contributed by atoms with Crippen LogP contribution in [0.4, 0.5) is 5.69 Å². The van der Waals surface area contributed by atoms with Gasteiger partial charge >= 0.3 is 0 Å². The van der Waals surface area contributed by atoms with Crippen molar-refractivity contribution in [1.29, 1.82) is 0 Å². The van der Waals surface area contributed by atoms with Gasteiger partial charge < -0.3 is 10.8 Å². The molecule has 0 amide bonds. The Morgan fingerprint density at radius 2 is 2.17 bits per heavy atom. The van der Waals surface area contributed by atoms with Crippen LogP contribution in [-0.2, 0) is 6.42 Å². The number of aliphatic hydroxyl groups is 1. The van der Waals surface area contributed by atoms with Crippen LogP contribution >= 0.6 is 15.9 Å². The van der Waals surface area contributed by atoms with E-state index in [1.165, 1.54) is 0 Å². The zero-order valence-corrected chi connectivity index (χ0v) is 11.7. The van der Waals surface area contributed by atoms with Crippen LogP contribution in [0.5, 0.6) is 0 Å². The average molecular weight is 307 g/mol. The SMILES string of the molecule is Cc1ccc(C(O)Cc2cnccc2N)cc1Br. The van der Waals surface area contributed by atoms with E-state index >= 15 is 0 Å². The highest BCUT2D eigenvalue weighted by atomic mass is 79.9. The van der Waals surface area contributed by atoms with Crippen LogP contribution < -0.4 is 5.73 Å². The first-order valence-electron chi connectivity index (χ1n) is 5.70. The number of halogens is 1. The summed E-state index contributed by atoms with van der Waals surface area (Å²) in [4.78, 5) is 4.02. The molecule has 0 aliphatic heterocycles. The standard InChI is InChI=1S/C14H15BrN2O/c1-9-2-3-10(6-12(9)15)14(18)7-11-8-17-5-4-13(11)16/h2-6,8,14,18H,7H2,1H3,(H2,16,17). The largest absolute Gasteiger partial charge is 0.398 e. The summed E-state index contributed by atoms with van der Waals surface area (Å²) in [6.07, 6.45) is 3.23. The smallest absolute Gasteiger partial charge is 0.0832 e. The highest BCUT2D eigenvalue weighted by molar-refractivity contribution is 9.10. The normalized spacial score (nSPS) is 12.4. The number of nitrogens with two attached hydrogens (primary N) is 1. The number of benzene rings is 1. The van der Waals surface area contributed by atoms with Gasteiger partial charge in [-0.3, -0.25) is 4.98 Å². The van der Waals surface area contributed by atoms with Crippen molar-refractivity contribution < 1.29 is 5.11 Å². The van der Waals surface area contributed by atoms with E-state index in [0.29, 0.717) is 12.1 Å². The van der Waals surface area contributed by atoms with Crippen molar-refractivity contribution >= 4 is 21.6 Å². The van der Waals surface area contributed by atoms with E-state index in [9.17, 15) is 5.11 Å². The molecule has 1 aromatic heterocycles. The van der Waals surface area contributed by atoms with Crippen LogP contribution in [-0.4, -0.2) is 10.1 Å². The molecule has 0 bridgehead atoms. The number of nitrogens with zero attached hydrogens (tertiary/aromatic N) is 1. The van der Waals surface area contributed by atoms with Gasteiger partial charge in [0.2, 0.25) is 0 Å². The van der Waals surface area contributed by atoms with Crippen LogP contribution in [0.15, 0.2) is 41.1 Å². The van der Waals surface area contributed by atoms with Gasteiger partial charge in [0.15, 0.2) is 0 Å². The Morgan fingerprint density at radius 3 is 2.83 bits per heavy atom. The lowest BCUT2D eigenvalue weighted by atomic mass is 10.0. The van der Waals surface area contributed by atoms with E-state index in [0.717, 1.165) is 21.2 Å². The van der Waals surface area contributed by atoms with E-state index in [-0.39, 0.29) is 0 Å². The molecule has 0 spiro atoms. The maximum atomic E-state index is 10.2. The molecule has 0 aliphatic carbocycles. The third kappa shape index (κ3) is 2.89. The highest BCUT2D eigenvalue weighted by Gasteiger charge is 2.11. The molecule has 0 radical (unpaired) electrons. The summed E-state index contributed by atoms with van der Waals surface area (Å²) >= 11 is 3.47. The Morgan fingerprint density at radius 1 is 1.39 bits per heavy atom. The number of nitrogen functional groups attached to an aromatic ring is 1. The van der Waals surface area contributed by atoms with Crippen LogP contribution in [0.2, 0.25) is 0 Å². The fraction of sp³-hybridized carbons (Fsp3) is 0.214. The van der Waals surface area contributed by atoms with Gasteiger partial charge in [-0.1, -0.05) is 28.1 Å². The molecule has 0 aliphatic rings. The number of aromatic nitrogens is 1. The number of aryl methyl sites for hydroxylation is 1. The van der Waals surface area contributed by atoms with E-state index < -0.39 is 6.10 Å². The molecule has 2 aromatic rings. The van der Waals surface area contributed by atoms with Crippen LogP contribution in [0.25, 0.3) is 0 Å². The molecule has 0 saturated carbocycles.